The summed E-state index contributed by atoms with van der Waals surface area (Å²) in [5, 5.41) is 9.13. The van der Waals surface area contributed by atoms with Gasteiger partial charge in [-0.05, 0) is 19.8 Å². The fraction of sp³-hybridized carbons (Fsp3) is 0.857. The summed E-state index contributed by atoms with van der Waals surface area (Å²) in [6.45, 7) is 6.89. The molecule has 0 aliphatic rings. The molecule has 0 radical (unpaired) electrons. The van der Waals surface area contributed by atoms with Crippen molar-refractivity contribution in [3.05, 3.63) is 0 Å². The molecular weight excluding hydrogens is 214 g/mol. The Bertz CT molecular complexity index is 236. The van der Waals surface area contributed by atoms with E-state index >= 15 is 0 Å². The third-order valence-corrected chi connectivity index (χ3v) is 3.02. The Morgan fingerprint density at radius 3 is 2.29 bits per heavy atom. The van der Waals surface area contributed by atoms with Crippen molar-refractivity contribution in [3.63, 3.8) is 0 Å². The van der Waals surface area contributed by atoms with E-state index in [0.717, 1.165) is 37.9 Å². The average molecular weight is 241 g/mol. The molecule has 0 amide bonds. The van der Waals surface area contributed by atoms with Gasteiger partial charge in [-0.1, -0.05) is 46.0 Å². The Morgan fingerprint density at radius 1 is 1.12 bits per heavy atom. The van der Waals surface area contributed by atoms with Crippen molar-refractivity contribution < 1.29 is 9.90 Å². The molecule has 0 fully saturated rings. The van der Waals surface area contributed by atoms with Crippen LogP contribution in [0.1, 0.15) is 65.7 Å². The predicted molar refractivity (Wildman–Crippen MR) is 72.8 cm³/mol. The molecule has 0 rings (SSSR count). The van der Waals surface area contributed by atoms with E-state index in [2.05, 4.69) is 18.8 Å². The highest BCUT2D eigenvalue weighted by molar-refractivity contribution is 6.00. The molecule has 0 saturated carbocycles. The van der Waals surface area contributed by atoms with Gasteiger partial charge in [-0.15, -0.1) is 0 Å². The van der Waals surface area contributed by atoms with E-state index in [-0.39, 0.29) is 5.92 Å². The van der Waals surface area contributed by atoms with Crippen LogP contribution in [0, 0.1) is 5.92 Å². The maximum atomic E-state index is 11.1. The lowest BCUT2D eigenvalue weighted by Gasteiger charge is -2.11. The van der Waals surface area contributed by atoms with Gasteiger partial charge in [-0.2, -0.15) is 0 Å². The third-order valence-electron chi connectivity index (χ3n) is 3.02. The predicted octanol–water partition coefficient (Wildman–Crippen LogP) is 3.92. The Morgan fingerprint density at radius 2 is 1.76 bits per heavy atom. The zero-order valence-corrected chi connectivity index (χ0v) is 11.5. The second-order valence-electron chi connectivity index (χ2n) is 4.62. The van der Waals surface area contributed by atoms with Crippen LogP contribution in [0.2, 0.25) is 0 Å². The van der Waals surface area contributed by atoms with Crippen molar-refractivity contribution in [3.8, 4) is 0 Å². The number of hydrogen-bond acceptors (Lipinski definition) is 2. The zero-order chi connectivity index (χ0) is 13.1. The number of hydrogen-bond donors (Lipinski definition) is 1. The number of carbonyl (C=O) groups is 1. The maximum Gasteiger partial charge on any atom is 0.312 e. The first-order valence-corrected chi connectivity index (χ1v) is 6.87. The lowest BCUT2D eigenvalue weighted by Crippen LogP contribution is -2.22. The van der Waals surface area contributed by atoms with E-state index in [1.165, 1.54) is 19.3 Å². The van der Waals surface area contributed by atoms with E-state index in [9.17, 15) is 4.79 Å². The summed E-state index contributed by atoms with van der Waals surface area (Å²) >= 11 is 0. The van der Waals surface area contributed by atoms with Crippen LogP contribution in [-0.2, 0) is 4.79 Å². The van der Waals surface area contributed by atoms with Crippen LogP contribution in [0.4, 0.5) is 0 Å². The fourth-order valence-corrected chi connectivity index (χ4v) is 1.82. The van der Waals surface area contributed by atoms with Gasteiger partial charge >= 0.3 is 5.97 Å². The molecule has 0 aliphatic carbocycles. The SMILES string of the molecule is CCCCCCN=C(C)C(CCCC)C(=O)O. The summed E-state index contributed by atoms with van der Waals surface area (Å²) in [7, 11) is 0. The second-order valence-corrected chi connectivity index (χ2v) is 4.62. The van der Waals surface area contributed by atoms with Gasteiger partial charge in [0.15, 0.2) is 0 Å². The summed E-state index contributed by atoms with van der Waals surface area (Å²) in [6, 6.07) is 0. The van der Waals surface area contributed by atoms with Crippen LogP contribution < -0.4 is 0 Å². The molecule has 0 aromatic rings. The van der Waals surface area contributed by atoms with Gasteiger partial charge in [-0.3, -0.25) is 9.79 Å². The fourth-order valence-electron chi connectivity index (χ4n) is 1.82. The van der Waals surface area contributed by atoms with Gasteiger partial charge < -0.3 is 5.11 Å². The summed E-state index contributed by atoms with van der Waals surface area (Å²) in [5.74, 6) is -1.10. The Labute approximate surface area is 105 Å². The number of aliphatic imine (C=N–C) groups is 1. The van der Waals surface area contributed by atoms with E-state index < -0.39 is 5.97 Å². The molecule has 1 N–H and O–H groups in total. The lowest BCUT2D eigenvalue weighted by atomic mass is 9.98. The molecule has 1 unspecified atom stereocenters. The summed E-state index contributed by atoms with van der Waals surface area (Å²) in [4.78, 5) is 15.5. The Balaban J connectivity index is 4.06. The van der Waals surface area contributed by atoms with Gasteiger partial charge in [0.2, 0.25) is 0 Å². The normalized spacial score (nSPS) is 13.7. The molecule has 100 valence electrons. The van der Waals surface area contributed by atoms with Crippen LogP contribution in [0.5, 0.6) is 0 Å². The quantitative estimate of drug-likeness (QED) is 0.465. The topological polar surface area (TPSA) is 49.7 Å². The van der Waals surface area contributed by atoms with Crippen LogP contribution in [-0.4, -0.2) is 23.3 Å². The summed E-state index contributed by atoms with van der Waals surface area (Å²) < 4.78 is 0. The standard InChI is InChI=1S/C14H27NO2/c1-4-6-8-9-11-15-12(3)13(14(16)17)10-7-5-2/h13H,4-11H2,1-3H3,(H,16,17). The van der Waals surface area contributed by atoms with Crippen molar-refractivity contribution in [2.24, 2.45) is 10.9 Å². The smallest absolute Gasteiger partial charge is 0.312 e. The molecule has 0 aliphatic heterocycles. The highest BCUT2D eigenvalue weighted by Gasteiger charge is 2.19. The molecule has 17 heavy (non-hydrogen) atoms. The number of aliphatic carboxylic acids is 1. The lowest BCUT2D eigenvalue weighted by molar-refractivity contribution is -0.139. The minimum Gasteiger partial charge on any atom is -0.481 e. The summed E-state index contributed by atoms with van der Waals surface area (Å²) in [5.41, 5.74) is 0.794. The number of unbranched alkanes of at least 4 members (excludes halogenated alkanes) is 4. The molecule has 1 atom stereocenters. The van der Waals surface area contributed by atoms with Gasteiger partial charge in [0.1, 0.15) is 0 Å². The van der Waals surface area contributed by atoms with E-state index in [1.807, 2.05) is 6.92 Å². The van der Waals surface area contributed by atoms with Crippen LogP contribution in [0.25, 0.3) is 0 Å². The van der Waals surface area contributed by atoms with Crippen LogP contribution in [0.15, 0.2) is 4.99 Å². The second kappa shape index (κ2) is 10.3. The number of nitrogens with zero attached hydrogens (tertiary/aromatic N) is 1. The monoisotopic (exact) mass is 241 g/mol. The van der Waals surface area contributed by atoms with E-state index in [1.54, 1.807) is 0 Å². The largest absolute Gasteiger partial charge is 0.481 e. The van der Waals surface area contributed by atoms with Crippen molar-refractivity contribution >= 4 is 11.7 Å². The van der Waals surface area contributed by atoms with Crippen molar-refractivity contribution in [2.45, 2.75) is 65.7 Å². The highest BCUT2D eigenvalue weighted by Crippen LogP contribution is 2.12. The van der Waals surface area contributed by atoms with Gasteiger partial charge in [-0.25, -0.2) is 0 Å². The maximum absolute atomic E-state index is 11.1. The molecule has 3 heteroatoms. The van der Waals surface area contributed by atoms with Crippen molar-refractivity contribution in [1.82, 2.24) is 0 Å². The highest BCUT2D eigenvalue weighted by atomic mass is 16.4. The molecular formula is C14H27NO2. The van der Waals surface area contributed by atoms with Crippen LogP contribution in [0.3, 0.4) is 0 Å². The van der Waals surface area contributed by atoms with Crippen molar-refractivity contribution in [2.75, 3.05) is 6.54 Å². The molecule has 3 nitrogen and oxygen atoms in total. The molecule has 0 saturated heterocycles. The van der Waals surface area contributed by atoms with E-state index in [0.29, 0.717) is 0 Å². The van der Waals surface area contributed by atoms with Crippen LogP contribution >= 0.6 is 0 Å². The summed E-state index contributed by atoms with van der Waals surface area (Å²) in [6.07, 6.45) is 7.44. The average Bonchev–Trinajstić information content (AvgIpc) is 2.29. The zero-order valence-electron chi connectivity index (χ0n) is 11.5. The number of rotatable bonds is 10. The van der Waals surface area contributed by atoms with Crippen molar-refractivity contribution in [1.29, 1.82) is 0 Å². The number of carboxylic acid groups (broad SMARTS) is 1. The minimum atomic E-state index is -0.728. The first-order chi connectivity index (χ1) is 8.13. The minimum absolute atomic E-state index is 0.374. The van der Waals surface area contributed by atoms with Gasteiger partial charge in [0, 0.05) is 12.3 Å². The molecule has 0 heterocycles. The molecule has 0 aromatic heterocycles. The molecule has 0 spiro atoms. The molecule has 0 bridgehead atoms. The first-order valence-electron chi connectivity index (χ1n) is 6.87. The third kappa shape index (κ3) is 7.94. The first kappa shape index (κ1) is 16.1. The molecule has 0 aromatic carbocycles. The van der Waals surface area contributed by atoms with Gasteiger partial charge in [0.05, 0.1) is 5.92 Å². The Hall–Kier alpha value is -0.860. The Kier molecular flexibility index (Phi) is 9.78. The van der Waals surface area contributed by atoms with E-state index in [4.69, 9.17) is 5.11 Å². The number of carboxylic acids is 1. The van der Waals surface area contributed by atoms with Gasteiger partial charge in [0.25, 0.3) is 0 Å².